The fourth-order valence-electron chi connectivity index (χ4n) is 3.08. The Morgan fingerprint density at radius 1 is 1.35 bits per heavy atom. The van der Waals surface area contributed by atoms with Gasteiger partial charge in [0.05, 0.1) is 6.04 Å². The van der Waals surface area contributed by atoms with E-state index in [0.29, 0.717) is 28.7 Å². The Labute approximate surface area is 153 Å². The lowest BCUT2D eigenvalue weighted by molar-refractivity contribution is 0.147. The Hall–Kier alpha value is -2.74. The highest BCUT2D eigenvalue weighted by molar-refractivity contribution is 7.16. The fourth-order valence-corrected chi connectivity index (χ4v) is 4.15. The predicted octanol–water partition coefficient (Wildman–Crippen LogP) is 3.05. The first-order valence-electron chi connectivity index (χ1n) is 8.59. The minimum atomic E-state index is -0.396. The first kappa shape index (κ1) is 16.7. The lowest BCUT2D eigenvalue weighted by Crippen LogP contribution is -2.33. The van der Waals surface area contributed by atoms with Crippen molar-refractivity contribution in [2.24, 2.45) is 0 Å². The highest BCUT2D eigenvalue weighted by Gasteiger charge is 2.34. The van der Waals surface area contributed by atoms with Crippen molar-refractivity contribution < 1.29 is 9.53 Å². The SMILES string of the molecule is CCc1cc(=O)n2nc([C@H]3CCCN3C(=O)Oc3ccccc3)sc2n1. The number of aromatic nitrogens is 3. The van der Waals surface area contributed by atoms with Gasteiger partial charge in [0.1, 0.15) is 10.8 Å². The highest BCUT2D eigenvalue weighted by atomic mass is 32.1. The van der Waals surface area contributed by atoms with Crippen molar-refractivity contribution in [3.05, 3.63) is 57.5 Å². The van der Waals surface area contributed by atoms with Gasteiger partial charge in [0.2, 0.25) is 4.96 Å². The van der Waals surface area contributed by atoms with Gasteiger partial charge in [-0.3, -0.25) is 9.69 Å². The zero-order chi connectivity index (χ0) is 18.1. The van der Waals surface area contributed by atoms with Crippen LogP contribution in [0.4, 0.5) is 4.79 Å². The Bertz CT molecular complexity index is 999. The summed E-state index contributed by atoms with van der Waals surface area (Å²) in [6.45, 7) is 2.56. The topological polar surface area (TPSA) is 76.8 Å². The third kappa shape index (κ3) is 3.08. The number of fused-ring (bicyclic) bond motifs is 1. The highest BCUT2D eigenvalue weighted by Crippen LogP contribution is 2.34. The van der Waals surface area contributed by atoms with Crippen LogP contribution < -0.4 is 10.3 Å². The van der Waals surface area contributed by atoms with E-state index in [9.17, 15) is 9.59 Å². The number of hydrogen-bond acceptors (Lipinski definition) is 6. The smallest absolute Gasteiger partial charge is 0.410 e. The molecule has 0 unspecified atom stereocenters. The summed E-state index contributed by atoms with van der Waals surface area (Å²) in [7, 11) is 0. The van der Waals surface area contributed by atoms with E-state index in [1.165, 1.54) is 21.9 Å². The largest absolute Gasteiger partial charge is 0.415 e. The molecule has 7 nitrogen and oxygen atoms in total. The van der Waals surface area contributed by atoms with Gasteiger partial charge in [-0.1, -0.05) is 36.5 Å². The van der Waals surface area contributed by atoms with Gasteiger partial charge in [-0.15, -0.1) is 0 Å². The van der Waals surface area contributed by atoms with Crippen LogP contribution in [0, 0.1) is 0 Å². The minimum Gasteiger partial charge on any atom is -0.410 e. The van der Waals surface area contributed by atoms with E-state index in [2.05, 4.69) is 10.1 Å². The zero-order valence-electron chi connectivity index (χ0n) is 14.3. The zero-order valence-corrected chi connectivity index (χ0v) is 15.1. The van der Waals surface area contributed by atoms with Crippen LogP contribution in [-0.4, -0.2) is 32.1 Å². The van der Waals surface area contributed by atoms with Gasteiger partial charge < -0.3 is 4.74 Å². The second-order valence-electron chi connectivity index (χ2n) is 6.11. The average molecular weight is 370 g/mol. The molecule has 0 N–H and O–H groups in total. The van der Waals surface area contributed by atoms with Crippen molar-refractivity contribution in [1.29, 1.82) is 0 Å². The molecule has 1 saturated heterocycles. The van der Waals surface area contributed by atoms with Gasteiger partial charge >= 0.3 is 6.09 Å². The molecular weight excluding hydrogens is 352 g/mol. The van der Waals surface area contributed by atoms with E-state index in [1.54, 1.807) is 17.0 Å². The molecule has 1 atom stereocenters. The number of hydrogen-bond donors (Lipinski definition) is 0. The van der Waals surface area contributed by atoms with Crippen LogP contribution in [0.2, 0.25) is 0 Å². The van der Waals surface area contributed by atoms with Gasteiger partial charge in [-0.2, -0.15) is 9.61 Å². The summed E-state index contributed by atoms with van der Waals surface area (Å²) in [6, 6.07) is 10.3. The van der Waals surface area contributed by atoms with Crippen molar-refractivity contribution in [1.82, 2.24) is 19.5 Å². The van der Waals surface area contributed by atoms with Crippen molar-refractivity contribution in [3.8, 4) is 5.75 Å². The Kier molecular flexibility index (Phi) is 4.42. The first-order valence-corrected chi connectivity index (χ1v) is 9.40. The number of ether oxygens (including phenoxy) is 1. The summed E-state index contributed by atoms with van der Waals surface area (Å²) in [4.78, 5) is 31.5. The van der Waals surface area contributed by atoms with E-state index >= 15 is 0 Å². The average Bonchev–Trinajstić information content (AvgIpc) is 3.29. The number of carbonyl (C=O) groups excluding carboxylic acids is 1. The molecule has 134 valence electrons. The molecule has 8 heteroatoms. The van der Waals surface area contributed by atoms with E-state index in [0.717, 1.165) is 18.5 Å². The van der Waals surface area contributed by atoms with Crippen LogP contribution in [-0.2, 0) is 6.42 Å². The maximum absolute atomic E-state index is 12.6. The fraction of sp³-hybridized carbons (Fsp3) is 0.333. The number of carbonyl (C=O) groups is 1. The van der Waals surface area contributed by atoms with Crippen molar-refractivity contribution in [2.75, 3.05) is 6.54 Å². The summed E-state index contributed by atoms with van der Waals surface area (Å²) in [6.07, 6.45) is 1.96. The van der Waals surface area contributed by atoms with Crippen LogP contribution >= 0.6 is 11.3 Å². The molecule has 1 aromatic carbocycles. The van der Waals surface area contributed by atoms with Gasteiger partial charge in [0.25, 0.3) is 5.56 Å². The van der Waals surface area contributed by atoms with Crippen LogP contribution in [0.1, 0.15) is 36.5 Å². The molecule has 1 fully saturated rings. The molecule has 1 aliphatic heterocycles. The summed E-state index contributed by atoms with van der Waals surface area (Å²) >= 11 is 1.36. The van der Waals surface area contributed by atoms with E-state index in [-0.39, 0.29) is 11.6 Å². The lowest BCUT2D eigenvalue weighted by Gasteiger charge is -2.21. The third-order valence-electron chi connectivity index (χ3n) is 4.40. The maximum atomic E-state index is 12.6. The second kappa shape index (κ2) is 6.87. The van der Waals surface area contributed by atoms with Crippen molar-refractivity contribution in [2.45, 2.75) is 32.2 Å². The summed E-state index contributed by atoms with van der Waals surface area (Å²) in [5.41, 5.74) is 0.558. The minimum absolute atomic E-state index is 0.189. The van der Waals surface area contributed by atoms with E-state index < -0.39 is 6.09 Å². The number of benzene rings is 1. The molecule has 3 heterocycles. The molecule has 3 aromatic rings. The monoisotopic (exact) mass is 370 g/mol. The van der Waals surface area contributed by atoms with E-state index in [4.69, 9.17) is 4.74 Å². The molecule has 0 radical (unpaired) electrons. The lowest BCUT2D eigenvalue weighted by atomic mass is 10.2. The van der Waals surface area contributed by atoms with Crippen LogP contribution in [0.5, 0.6) is 5.75 Å². The number of rotatable bonds is 3. The Morgan fingerprint density at radius 3 is 2.92 bits per heavy atom. The van der Waals surface area contributed by atoms with Crippen molar-refractivity contribution in [3.63, 3.8) is 0 Å². The number of para-hydroxylation sites is 1. The van der Waals surface area contributed by atoms with Gasteiger partial charge in [0.15, 0.2) is 0 Å². The van der Waals surface area contributed by atoms with E-state index in [1.807, 2.05) is 25.1 Å². The molecule has 2 aromatic heterocycles. The molecule has 26 heavy (non-hydrogen) atoms. The van der Waals surface area contributed by atoms with Crippen LogP contribution in [0.3, 0.4) is 0 Å². The second-order valence-corrected chi connectivity index (χ2v) is 7.09. The normalized spacial score (nSPS) is 17.0. The first-order chi connectivity index (χ1) is 12.7. The third-order valence-corrected chi connectivity index (χ3v) is 5.41. The molecule has 4 rings (SSSR count). The predicted molar refractivity (Wildman–Crippen MR) is 97.7 cm³/mol. The Balaban J connectivity index is 1.62. The van der Waals surface area contributed by atoms with Crippen LogP contribution in [0.25, 0.3) is 4.96 Å². The molecule has 0 aliphatic carbocycles. The maximum Gasteiger partial charge on any atom is 0.415 e. The molecular formula is C18H18N4O3S. The molecule has 0 spiro atoms. The summed E-state index contributed by atoms with van der Waals surface area (Å²) in [5.74, 6) is 0.512. The van der Waals surface area contributed by atoms with Gasteiger partial charge in [-0.05, 0) is 31.4 Å². The number of amides is 1. The number of nitrogens with zero attached hydrogens (tertiary/aromatic N) is 4. The molecule has 0 saturated carbocycles. The quantitative estimate of drug-likeness (QED) is 0.708. The number of aryl methyl sites for hydroxylation is 1. The Morgan fingerprint density at radius 2 is 2.15 bits per heavy atom. The van der Waals surface area contributed by atoms with Gasteiger partial charge in [-0.25, -0.2) is 9.78 Å². The summed E-state index contributed by atoms with van der Waals surface area (Å²) in [5, 5.41) is 5.13. The van der Waals surface area contributed by atoms with Crippen molar-refractivity contribution >= 4 is 22.4 Å². The standard InChI is InChI=1S/C18H18N4O3S/c1-2-12-11-15(23)22-17(19-12)26-16(20-22)14-9-6-10-21(14)18(24)25-13-7-4-3-5-8-13/h3-5,7-8,11,14H,2,6,9-10H2,1H3/t14-/m1/s1. The molecule has 1 amide bonds. The van der Waals surface area contributed by atoms with Gasteiger partial charge in [0, 0.05) is 18.3 Å². The van der Waals surface area contributed by atoms with Crippen LogP contribution in [0.15, 0.2) is 41.2 Å². The number of likely N-dealkylation sites (tertiary alicyclic amines) is 1. The molecule has 1 aliphatic rings. The summed E-state index contributed by atoms with van der Waals surface area (Å²) < 4.78 is 6.78. The molecule has 0 bridgehead atoms.